The Labute approximate surface area is 122 Å². The molecule has 2 N–H and O–H groups in total. The third-order valence-corrected chi connectivity index (χ3v) is 5.20. The molecule has 1 heterocycles. The maximum atomic E-state index is 12.6. The van der Waals surface area contributed by atoms with Crippen molar-refractivity contribution in [2.24, 2.45) is 23.7 Å². The summed E-state index contributed by atoms with van der Waals surface area (Å²) in [7, 11) is 0. The number of nitrogens with one attached hydrogen (secondary N) is 1. The first-order valence-corrected chi connectivity index (χ1v) is 7.35. The average molecular weight is 287 g/mol. The number of aryl methyl sites for hydroxylation is 1. The van der Waals surface area contributed by atoms with E-state index < -0.39 is 0 Å². The number of carbonyl (C=O) groups is 2. The van der Waals surface area contributed by atoms with Crippen LogP contribution < -0.4 is 5.32 Å². The Bertz CT molecular complexity index is 639. The Kier molecular flexibility index (Phi) is 2.55. The smallest absolute Gasteiger partial charge is 0.310 e. The lowest BCUT2D eigenvalue weighted by molar-refractivity contribution is -0.145. The summed E-state index contributed by atoms with van der Waals surface area (Å²) in [6, 6.07) is 5.07. The molecule has 110 valence electrons. The molecule has 1 aromatic carbocycles. The highest BCUT2D eigenvalue weighted by Crippen LogP contribution is 2.57. The van der Waals surface area contributed by atoms with E-state index in [1.165, 1.54) is 0 Å². The molecule has 2 bridgehead atoms. The lowest BCUT2D eigenvalue weighted by Crippen LogP contribution is -2.35. The van der Waals surface area contributed by atoms with E-state index in [2.05, 4.69) is 5.32 Å². The SMILES string of the molecule is Cc1ccc(O)c(NC(=O)[C@@H]2[C@@H]3C[C@@H]4[C@H]2C(=O)O[C@H]4C3)c1. The molecule has 5 nitrogen and oxygen atoms in total. The van der Waals surface area contributed by atoms with Gasteiger partial charge in [0.2, 0.25) is 5.91 Å². The number of anilines is 1. The summed E-state index contributed by atoms with van der Waals surface area (Å²) < 4.78 is 5.34. The van der Waals surface area contributed by atoms with Crippen LogP contribution in [0.25, 0.3) is 0 Å². The molecule has 0 aromatic heterocycles. The van der Waals surface area contributed by atoms with Gasteiger partial charge >= 0.3 is 5.97 Å². The number of esters is 1. The van der Waals surface area contributed by atoms with Crippen molar-refractivity contribution in [3.63, 3.8) is 0 Å². The second-order valence-corrected chi connectivity index (χ2v) is 6.43. The summed E-state index contributed by atoms with van der Waals surface area (Å²) in [5.74, 6) is -0.525. The Hall–Kier alpha value is -2.04. The number of aromatic hydroxyl groups is 1. The van der Waals surface area contributed by atoms with Gasteiger partial charge in [0.05, 0.1) is 17.5 Å². The van der Waals surface area contributed by atoms with Crippen LogP contribution in [0.2, 0.25) is 0 Å². The van der Waals surface area contributed by atoms with Gasteiger partial charge in [0.1, 0.15) is 11.9 Å². The van der Waals surface area contributed by atoms with Gasteiger partial charge in [-0.05, 0) is 43.4 Å². The number of phenols is 1. The Balaban J connectivity index is 1.58. The number of hydrogen-bond donors (Lipinski definition) is 2. The van der Waals surface area contributed by atoms with Crippen molar-refractivity contribution < 1.29 is 19.4 Å². The van der Waals surface area contributed by atoms with Crippen LogP contribution >= 0.6 is 0 Å². The summed E-state index contributed by atoms with van der Waals surface area (Å²) in [4.78, 5) is 24.5. The van der Waals surface area contributed by atoms with Gasteiger partial charge in [-0.25, -0.2) is 0 Å². The van der Waals surface area contributed by atoms with Gasteiger partial charge in [0.25, 0.3) is 0 Å². The molecule has 21 heavy (non-hydrogen) atoms. The minimum atomic E-state index is -0.318. The second-order valence-electron chi connectivity index (χ2n) is 6.43. The highest BCUT2D eigenvalue weighted by molar-refractivity contribution is 5.97. The molecule has 5 atom stereocenters. The molecule has 1 aromatic rings. The van der Waals surface area contributed by atoms with Gasteiger partial charge < -0.3 is 15.2 Å². The number of phenolic OH excluding ortho intramolecular Hbond substituents is 1. The lowest BCUT2D eigenvalue weighted by Gasteiger charge is -2.23. The molecule has 3 aliphatic rings. The normalized spacial score (nSPS) is 35.9. The van der Waals surface area contributed by atoms with Crippen LogP contribution in [0.15, 0.2) is 18.2 Å². The maximum Gasteiger partial charge on any atom is 0.310 e. The number of carbonyl (C=O) groups excluding carboxylic acids is 2. The average Bonchev–Trinajstić information content (AvgIpc) is 3.03. The van der Waals surface area contributed by atoms with Crippen LogP contribution in [-0.4, -0.2) is 23.1 Å². The molecule has 1 amide bonds. The quantitative estimate of drug-likeness (QED) is 0.643. The van der Waals surface area contributed by atoms with E-state index in [1.807, 2.05) is 6.92 Å². The number of ether oxygens (including phenoxy) is 1. The Morgan fingerprint density at radius 2 is 2.19 bits per heavy atom. The molecular weight excluding hydrogens is 270 g/mol. The van der Waals surface area contributed by atoms with Crippen molar-refractivity contribution >= 4 is 17.6 Å². The summed E-state index contributed by atoms with van der Waals surface area (Å²) in [6.07, 6.45) is 1.73. The van der Waals surface area contributed by atoms with E-state index in [0.29, 0.717) is 5.69 Å². The molecule has 1 aliphatic heterocycles. The van der Waals surface area contributed by atoms with E-state index in [1.54, 1.807) is 18.2 Å². The van der Waals surface area contributed by atoms with Crippen LogP contribution in [0.5, 0.6) is 5.75 Å². The van der Waals surface area contributed by atoms with Crippen molar-refractivity contribution in [3.05, 3.63) is 23.8 Å². The molecule has 0 spiro atoms. The number of benzene rings is 1. The first kappa shape index (κ1) is 12.7. The molecule has 3 fully saturated rings. The lowest BCUT2D eigenvalue weighted by atomic mass is 9.79. The third kappa shape index (κ3) is 1.76. The monoisotopic (exact) mass is 287 g/mol. The summed E-state index contributed by atoms with van der Waals surface area (Å²) in [5, 5.41) is 12.6. The topological polar surface area (TPSA) is 75.6 Å². The van der Waals surface area contributed by atoms with Crippen molar-refractivity contribution in [3.8, 4) is 5.75 Å². The Morgan fingerprint density at radius 1 is 1.38 bits per heavy atom. The zero-order chi connectivity index (χ0) is 14.7. The van der Waals surface area contributed by atoms with Gasteiger partial charge in [-0.2, -0.15) is 0 Å². The molecule has 4 rings (SSSR count). The minimum Gasteiger partial charge on any atom is -0.506 e. The molecule has 0 radical (unpaired) electrons. The van der Waals surface area contributed by atoms with Crippen molar-refractivity contribution in [2.45, 2.75) is 25.9 Å². The molecular formula is C16H17NO4. The number of fused-ring (bicyclic) bond motifs is 1. The number of amides is 1. The number of hydrogen-bond acceptors (Lipinski definition) is 4. The fourth-order valence-electron chi connectivity index (χ4n) is 4.33. The van der Waals surface area contributed by atoms with E-state index in [0.717, 1.165) is 18.4 Å². The van der Waals surface area contributed by atoms with Gasteiger partial charge in [-0.3, -0.25) is 9.59 Å². The van der Waals surface area contributed by atoms with Crippen LogP contribution in [-0.2, 0) is 14.3 Å². The highest BCUT2D eigenvalue weighted by Gasteiger charge is 2.63. The zero-order valence-electron chi connectivity index (χ0n) is 11.7. The standard InChI is InChI=1S/C16H17NO4/c1-7-2-3-11(18)10(4-7)17-15(19)13-8-5-9-12(6-8)21-16(20)14(9)13/h2-4,8-9,12-14,18H,5-6H2,1H3,(H,17,19)/t8-,9+,12+,13-,14-/m1/s1. The summed E-state index contributed by atoms with van der Waals surface area (Å²) in [5.41, 5.74) is 1.36. The molecule has 2 aliphatic carbocycles. The van der Waals surface area contributed by atoms with Crippen LogP contribution in [0.1, 0.15) is 18.4 Å². The Morgan fingerprint density at radius 3 is 3.00 bits per heavy atom. The molecule has 2 saturated carbocycles. The largest absolute Gasteiger partial charge is 0.506 e. The van der Waals surface area contributed by atoms with Gasteiger partial charge in [-0.15, -0.1) is 0 Å². The van der Waals surface area contributed by atoms with E-state index in [4.69, 9.17) is 4.74 Å². The second kappa shape index (κ2) is 4.23. The third-order valence-electron chi connectivity index (χ3n) is 5.20. The van der Waals surface area contributed by atoms with Crippen molar-refractivity contribution in [1.82, 2.24) is 0 Å². The first-order chi connectivity index (χ1) is 10.0. The van der Waals surface area contributed by atoms with E-state index in [9.17, 15) is 14.7 Å². The van der Waals surface area contributed by atoms with Gasteiger partial charge in [0.15, 0.2) is 0 Å². The first-order valence-electron chi connectivity index (χ1n) is 7.35. The number of rotatable bonds is 2. The van der Waals surface area contributed by atoms with E-state index in [-0.39, 0.29) is 47.4 Å². The fraction of sp³-hybridized carbons (Fsp3) is 0.500. The maximum absolute atomic E-state index is 12.6. The van der Waals surface area contributed by atoms with Crippen LogP contribution in [0, 0.1) is 30.6 Å². The minimum absolute atomic E-state index is 0.0314. The predicted molar refractivity (Wildman–Crippen MR) is 74.5 cm³/mol. The fourth-order valence-corrected chi connectivity index (χ4v) is 4.33. The molecule has 1 saturated heterocycles. The molecule has 0 unspecified atom stereocenters. The zero-order valence-corrected chi connectivity index (χ0v) is 11.7. The summed E-state index contributed by atoms with van der Waals surface area (Å²) in [6.45, 7) is 1.89. The summed E-state index contributed by atoms with van der Waals surface area (Å²) >= 11 is 0. The van der Waals surface area contributed by atoms with Gasteiger partial charge in [0, 0.05) is 5.92 Å². The predicted octanol–water partition coefficient (Wildman–Crippen LogP) is 1.84. The van der Waals surface area contributed by atoms with Crippen molar-refractivity contribution in [1.29, 1.82) is 0 Å². The highest BCUT2D eigenvalue weighted by atomic mass is 16.6. The molecule has 5 heteroatoms. The van der Waals surface area contributed by atoms with Crippen molar-refractivity contribution in [2.75, 3.05) is 5.32 Å². The van der Waals surface area contributed by atoms with Crippen LogP contribution in [0.3, 0.4) is 0 Å². The van der Waals surface area contributed by atoms with Crippen LogP contribution in [0.4, 0.5) is 5.69 Å². The van der Waals surface area contributed by atoms with E-state index >= 15 is 0 Å². The van der Waals surface area contributed by atoms with Gasteiger partial charge in [-0.1, -0.05) is 6.07 Å².